The molecule has 0 bridgehead atoms. The van der Waals surface area contributed by atoms with Gasteiger partial charge in [0.1, 0.15) is 12.0 Å². The summed E-state index contributed by atoms with van der Waals surface area (Å²) >= 11 is 1.04. The number of aryl methyl sites for hydroxylation is 1. The first-order valence-electron chi connectivity index (χ1n) is 4.35. The third-order valence-electron chi connectivity index (χ3n) is 1.90. The van der Waals surface area contributed by atoms with Crippen molar-refractivity contribution in [2.24, 2.45) is 0 Å². The molecule has 0 spiro atoms. The van der Waals surface area contributed by atoms with Crippen LogP contribution in [0, 0.1) is 10.1 Å². The summed E-state index contributed by atoms with van der Waals surface area (Å²) in [4.78, 5) is 18.2. The Labute approximate surface area is 89.4 Å². The van der Waals surface area contributed by atoms with Gasteiger partial charge in [0.2, 0.25) is 5.13 Å². The van der Waals surface area contributed by atoms with Crippen molar-refractivity contribution in [2.45, 2.75) is 13.3 Å². The number of imidazole rings is 1. The van der Waals surface area contributed by atoms with Crippen molar-refractivity contribution >= 4 is 16.3 Å². The summed E-state index contributed by atoms with van der Waals surface area (Å²) in [5.74, 6) is 0.847. The highest BCUT2D eigenvalue weighted by Gasteiger charge is 2.14. The number of thiazole rings is 1. The Balaban J connectivity index is 2.41. The molecule has 2 rings (SSSR count). The van der Waals surface area contributed by atoms with Crippen molar-refractivity contribution in [3.05, 3.63) is 34.5 Å². The van der Waals surface area contributed by atoms with Gasteiger partial charge in [0.05, 0.1) is 4.92 Å². The molecule has 0 unspecified atom stereocenters. The van der Waals surface area contributed by atoms with Gasteiger partial charge in [-0.05, 0) is 11.3 Å². The molecule has 2 aromatic rings. The molecule has 0 aliphatic heterocycles. The van der Waals surface area contributed by atoms with Gasteiger partial charge in [-0.15, -0.1) is 0 Å². The Morgan fingerprint density at radius 3 is 3.00 bits per heavy atom. The van der Waals surface area contributed by atoms with Gasteiger partial charge in [0.25, 0.3) is 0 Å². The standard InChI is InChI=1S/C8H8N4O2S/c1-2-6-9-3-4-11(6)8-10-5-7(15-8)12(13)14/h3-5H,2H2,1H3. The number of nitrogens with zero attached hydrogens (tertiary/aromatic N) is 4. The van der Waals surface area contributed by atoms with E-state index >= 15 is 0 Å². The van der Waals surface area contributed by atoms with Crippen molar-refractivity contribution in [1.29, 1.82) is 0 Å². The first-order chi connectivity index (χ1) is 7.22. The van der Waals surface area contributed by atoms with Crippen molar-refractivity contribution in [3.8, 4) is 5.13 Å². The molecule has 2 aromatic heterocycles. The van der Waals surface area contributed by atoms with Crippen LogP contribution in [-0.2, 0) is 6.42 Å². The quantitative estimate of drug-likeness (QED) is 0.588. The zero-order chi connectivity index (χ0) is 10.8. The average Bonchev–Trinajstić information content (AvgIpc) is 2.85. The second-order valence-electron chi connectivity index (χ2n) is 2.81. The molecule has 0 saturated heterocycles. The first-order valence-corrected chi connectivity index (χ1v) is 5.17. The van der Waals surface area contributed by atoms with E-state index in [1.165, 1.54) is 6.20 Å². The fraction of sp³-hybridized carbons (Fsp3) is 0.250. The van der Waals surface area contributed by atoms with Crippen LogP contribution in [0.1, 0.15) is 12.7 Å². The van der Waals surface area contributed by atoms with E-state index in [0.29, 0.717) is 5.13 Å². The predicted molar refractivity (Wildman–Crippen MR) is 55.3 cm³/mol. The summed E-state index contributed by atoms with van der Waals surface area (Å²) in [5, 5.41) is 11.1. The molecule has 0 fully saturated rings. The van der Waals surface area contributed by atoms with Gasteiger partial charge in [-0.1, -0.05) is 6.92 Å². The molecule has 0 atom stereocenters. The van der Waals surface area contributed by atoms with E-state index < -0.39 is 4.92 Å². The van der Waals surface area contributed by atoms with Crippen molar-refractivity contribution in [3.63, 3.8) is 0 Å². The van der Waals surface area contributed by atoms with Crippen LogP contribution in [0.25, 0.3) is 5.13 Å². The molecule has 0 aromatic carbocycles. The molecular formula is C8H8N4O2S. The smallest absolute Gasteiger partial charge is 0.279 e. The second-order valence-corrected chi connectivity index (χ2v) is 3.79. The lowest BCUT2D eigenvalue weighted by molar-refractivity contribution is -0.380. The van der Waals surface area contributed by atoms with Crippen LogP contribution in [0.3, 0.4) is 0 Å². The Morgan fingerprint density at radius 1 is 1.60 bits per heavy atom. The van der Waals surface area contributed by atoms with Crippen molar-refractivity contribution in [1.82, 2.24) is 14.5 Å². The minimum Gasteiger partial charge on any atom is -0.279 e. The van der Waals surface area contributed by atoms with E-state index in [4.69, 9.17) is 0 Å². The van der Waals surface area contributed by atoms with Crippen LogP contribution >= 0.6 is 11.3 Å². The van der Waals surface area contributed by atoms with Crippen molar-refractivity contribution < 1.29 is 4.92 Å². The molecule has 2 heterocycles. The predicted octanol–water partition coefficient (Wildman–Crippen LogP) is 1.80. The molecule has 0 saturated carbocycles. The molecule has 0 N–H and O–H groups in total. The number of hydrogen-bond acceptors (Lipinski definition) is 5. The maximum atomic E-state index is 10.5. The summed E-state index contributed by atoms with van der Waals surface area (Å²) in [7, 11) is 0. The zero-order valence-corrected chi connectivity index (χ0v) is 8.77. The Bertz CT molecular complexity index is 490. The highest BCUT2D eigenvalue weighted by Crippen LogP contribution is 2.24. The maximum Gasteiger partial charge on any atom is 0.345 e. The van der Waals surface area contributed by atoms with Crippen LogP contribution in [0.4, 0.5) is 5.00 Å². The van der Waals surface area contributed by atoms with Crippen LogP contribution in [0.15, 0.2) is 18.6 Å². The molecule has 0 amide bonds. The van der Waals surface area contributed by atoms with Gasteiger partial charge in [-0.3, -0.25) is 14.7 Å². The van der Waals surface area contributed by atoms with Gasteiger partial charge >= 0.3 is 5.00 Å². The number of rotatable bonds is 3. The molecular weight excluding hydrogens is 216 g/mol. The van der Waals surface area contributed by atoms with E-state index in [9.17, 15) is 10.1 Å². The minimum atomic E-state index is -0.441. The third-order valence-corrected chi connectivity index (χ3v) is 2.85. The van der Waals surface area contributed by atoms with Gasteiger partial charge in [-0.25, -0.2) is 9.97 Å². The van der Waals surface area contributed by atoms with Crippen LogP contribution in [0.5, 0.6) is 0 Å². The highest BCUT2D eigenvalue weighted by molar-refractivity contribution is 7.17. The van der Waals surface area contributed by atoms with E-state index in [-0.39, 0.29) is 5.00 Å². The van der Waals surface area contributed by atoms with Crippen molar-refractivity contribution in [2.75, 3.05) is 0 Å². The highest BCUT2D eigenvalue weighted by atomic mass is 32.1. The molecule has 7 heteroatoms. The summed E-state index contributed by atoms with van der Waals surface area (Å²) in [6.45, 7) is 1.97. The Morgan fingerprint density at radius 2 is 2.40 bits per heavy atom. The third kappa shape index (κ3) is 1.73. The van der Waals surface area contributed by atoms with E-state index in [1.54, 1.807) is 17.0 Å². The maximum absolute atomic E-state index is 10.5. The van der Waals surface area contributed by atoms with Gasteiger partial charge < -0.3 is 0 Å². The lowest BCUT2D eigenvalue weighted by Crippen LogP contribution is -1.97. The summed E-state index contributed by atoms with van der Waals surface area (Å²) in [6, 6.07) is 0. The lowest BCUT2D eigenvalue weighted by Gasteiger charge is -1.99. The monoisotopic (exact) mass is 224 g/mol. The fourth-order valence-electron chi connectivity index (χ4n) is 1.22. The van der Waals surface area contributed by atoms with Gasteiger partial charge in [-0.2, -0.15) is 0 Å². The topological polar surface area (TPSA) is 73.8 Å². The molecule has 6 nitrogen and oxygen atoms in total. The second kappa shape index (κ2) is 3.77. The molecule has 78 valence electrons. The van der Waals surface area contributed by atoms with Crippen LogP contribution in [0.2, 0.25) is 0 Å². The molecule has 0 aliphatic carbocycles. The van der Waals surface area contributed by atoms with E-state index in [2.05, 4.69) is 9.97 Å². The van der Waals surface area contributed by atoms with Gasteiger partial charge in [0.15, 0.2) is 0 Å². The summed E-state index contributed by atoms with van der Waals surface area (Å²) in [6.07, 6.45) is 5.44. The Hall–Kier alpha value is -1.76. The average molecular weight is 224 g/mol. The molecule has 15 heavy (non-hydrogen) atoms. The zero-order valence-electron chi connectivity index (χ0n) is 7.95. The number of hydrogen-bond donors (Lipinski definition) is 0. The van der Waals surface area contributed by atoms with Crippen LogP contribution < -0.4 is 0 Å². The number of nitro groups is 1. The lowest BCUT2D eigenvalue weighted by atomic mass is 10.5. The fourth-order valence-corrected chi connectivity index (χ4v) is 1.96. The molecule has 0 radical (unpaired) electrons. The van der Waals surface area contributed by atoms with E-state index in [1.807, 2.05) is 6.92 Å². The van der Waals surface area contributed by atoms with Crippen LogP contribution in [-0.4, -0.2) is 19.5 Å². The summed E-state index contributed by atoms with van der Waals surface area (Å²) in [5.41, 5.74) is 0. The normalized spacial score (nSPS) is 10.5. The molecule has 0 aliphatic rings. The first kappa shape index (κ1) is 9.78. The van der Waals surface area contributed by atoms with E-state index in [0.717, 1.165) is 23.6 Å². The minimum absolute atomic E-state index is 0.0424. The largest absolute Gasteiger partial charge is 0.345 e. The number of aromatic nitrogens is 3. The van der Waals surface area contributed by atoms with Gasteiger partial charge in [0, 0.05) is 18.8 Å². The SMILES string of the molecule is CCc1nccn1-c1ncc([N+](=O)[O-])s1. The Kier molecular flexibility index (Phi) is 2.46. The summed E-state index contributed by atoms with van der Waals surface area (Å²) < 4.78 is 1.76.